The Morgan fingerprint density at radius 2 is 1.73 bits per heavy atom. The van der Waals surface area contributed by atoms with E-state index in [1.165, 1.54) is 9.36 Å². The number of ketones is 1. The van der Waals surface area contributed by atoms with E-state index in [1.54, 1.807) is 62.6 Å². The molecule has 3 rings (SSSR count). The molecule has 0 unspecified atom stereocenters. The van der Waals surface area contributed by atoms with Crippen LogP contribution < -0.4 is 15.9 Å². The minimum Gasteiger partial charge on any atom is -0.497 e. The molecule has 0 atom stereocenters. The van der Waals surface area contributed by atoms with Crippen molar-refractivity contribution in [3.63, 3.8) is 0 Å². The first kappa shape index (κ1) is 21.1. The second-order valence-electron chi connectivity index (χ2n) is 6.20. The maximum Gasteiger partial charge on any atom is 0.338 e. The smallest absolute Gasteiger partial charge is 0.338 e. The normalized spacial score (nSPS) is 10.5. The first-order valence-electron chi connectivity index (χ1n) is 9.09. The van der Waals surface area contributed by atoms with E-state index < -0.39 is 5.97 Å². The van der Waals surface area contributed by atoms with Crippen LogP contribution in [-0.2, 0) is 11.3 Å². The highest BCUT2D eigenvalue weighted by Gasteiger charge is 2.14. The lowest BCUT2D eigenvalue weighted by molar-refractivity contribution is 0.0526. The number of esters is 1. The number of benzene rings is 2. The van der Waals surface area contributed by atoms with Crippen LogP contribution in [0.2, 0.25) is 0 Å². The first-order valence-corrected chi connectivity index (χ1v) is 9.50. The number of ether oxygens (including phenoxy) is 2. The molecule has 0 aliphatic heterocycles. The summed E-state index contributed by atoms with van der Waals surface area (Å²) in [5, 5.41) is 4.15. The van der Waals surface area contributed by atoms with Crippen molar-refractivity contribution in [1.29, 1.82) is 0 Å². The molecule has 0 radical (unpaired) electrons. The summed E-state index contributed by atoms with van der Waals surface area (Å²) in [6, 6.07) is 13.4. The van der Waals surface area contributed by atoms with Gasteiger partial charge >= 0.3 is 5.97 Å². The number of rotatable bonds is 8. The molecule has 0 aliphatic rings. The van der Waals surface area contributed by atoms with Gasteiger partial charge in [0.2, 0.25) is 10.7 Å². The number of nitrogens with zero attached hydrogens (tertiary/aromatic N) is 3. The van der Waals surface area contributed by atoms with E-state index in [4.69, 9.17) is 27.4 Å². The lowest BCUT2D eigenvalue weighted by Crippen LogP contribution is -2.15. The summed E-state index contributed by atoms with van der Waals surface area (Å²) in [4.78, 5) is 24.3. The molecule has 0 saturated carbocycles. The summed E-state index contributed by atoms with van der Waals surface area (Å²) in [5.74, 6) is 0.166. The standard InChI is InChI=1S/C20H21N5O4S/c1-3-29-18(27)14-6-4-13(5-7-14)17(26)12-24-20(30)25(19(21)23-24)22-15-8-10-16(28-2)11-9-15/h4-11,22H,3,12H2,1-2H3,(H2,21,23). The number of aromatic nitrogens is 3. The minimum absolute atomic E-state index is 0.0981. The van der Waals surface area contributed by atoms with Crippen molar-refractivity contribution in [1.82, 2.24) is 14.5 Å². The number of anilines is 2. The fraction of sp³-hybridized carbons (Fsp3) is 0.200. The molecule has 0 aliphatic carbocycles. The summed E-state index contributed by atoms with van der Waals surface area (Å²) in [6.45, 7) is 1.92. The second kappa shape index (κ2) is 9.23. The van der Waals surface area contributed by atoms with E-state index in [-0.39, 0.29) is 29.7 Å². The third kappa shape index (κ3) is 4.66. The van der Waals surface area contributed by atoms with Crippen molar-refractivity contribution in [2.24, 2.45) is 0 Å². The molecule has 10 heteroatoms. The Bertz CT molecular complexity index is 1100. The van der Waals surface area contributed by atoms with E-state index in [1.807, 2.05) is 0 Å². The van der Waals surface area contributed by atoms with E-state index in [2.05, 4.69) is 10.5 Å². The number of nitrogen functional groups attached to an aromatic ring is 1. The van der Waals surface area contributed by atoms with Gasteiger partial charge in [-0.1, -0.05) is 12.1 Å². The minimum atomic E-state index is -0.435. The summed E-state index contributed by atoms with van der Waals surface area (Å²) >= 11 is 5.40. The highest BCUT2D eigenvalue weighted by molar-refractivity contribution is 7.71. The number of carbonyl (C=O) groups is 2. The number of carbonyl (C=O) groups excluding carboxylic acids is 2. The lowest BCUT2D eigenvalue weighted by atomic mass is 10.1. The predicted octanol–water partition coefficient (Wildman–Crippen LogP) is 2.94. The van der Waals surface area contributed by atoms with Crippen LogP contribution in [0.25, 0.3) is 0 Å². The van der Waals surface area contributed by atoms with Gasteiger partial charge in [0.15, 0.2) is 5.78 Å². The van der Waals surface area contributed by atoms with Crippen LogP contribution in [0.3, 0.4) is 0 Å². The fourth-order valence-corrected chi connectivity index (χ4v) is 2.91. The van der Waals surface area contributed by atoms with E-state index in [0.29, 0.717) is 16.9 Å². The second-order valence-corrected chi connectivity index (χ2v) is 6.56. The Hall–Kier alpha value is -3.66. The van der Waals surface area contributed by atoms with Crippen LogP contribution in [0.15, 0.2) is 48.5 Å². The van der Waals surface area contributed by atoms with E-state index >= 15 is 0 Å². The third-order valence-electron chi connectivity index (χ3n) is 4.21. The summed E-state index contributed by atoms with van der Waals surface area (Å²) in [5.41, 5.74) is 10.5. The number of Topliss-reactive ketones (excluding diaryl/α,β-unsaturated/α-hetero) is 1. The molecule has 0 amide bonds. The topological polar surface area (TPSA) is 113 Å². The first-order chi connectivity index (χ1) is 14.4. The van der Waals surface area contributed by atoms with Crippen molar-refractivity contribution in [3.05, 3.63) is 64.4 Å². The number of methoxy groups -OCH3 is 1. The molecular weight excluding hydrogens is 406 g/mol. The zero-order valence-corrected chi connectivity index (χ0v) is 17.3. The van der Waals surface area contributed by atoms with Gasteiger partial charge in [-0.05, 0) is 55.5 Å². The maximum atomic E-state index is 12.6. The molecule has 0 saturated heterocycles. The molecule has 30 heavy (non-hydrogen) atoms. The number of hydrogen-bond acceptors (Lipinski definition) is 8. The molecule has 9 nitrogen and oxygen atoms in total. The van der Waals surface area contributed by atoms with Gasteiger partial charge in [0, 0.05) is 5.56 Å². The van der Waals surface area contributed by atoms with Crippen LogP contribution >= 0.6 is 12.2 Å². The average Bonchev–Trinajstić information content (AvgIpc) is 3.01. The highest BCUT2D eigenvalue weighted by atomic mass is 32.1. The monoisotopic (exact) mass is 427 g/mol. The zero-order chi connectivity index (χ0) is 21.7. The molecule has 1 aromatic heterocycles. The third-order valence-corrected chi connectivity index (χ3v) is 4.60. The molecule has 3 N–H and O–H groups in total. The van der Waals surface area contributed by atoms with Crippen molar-refractivity contribution >= 4 is 35.6 Å². The van der Waals surface area contributed by atoms with Crippen LogP contribution in [-0.4, -0.2) is 39.9 Å². The molecule has 0 bridgehead atoms. The van der Waals surface area contributed by atoms with Gasteiger partial charge in [0.1, 0.15) is 12.3 Å². The Kier molecular flexibility index (Phi) is 6.48. The van der Waals surface area contributed by atoms with Crippen molar-refractivity contribution in [3.8, 4) is 5.75 Å². The maximum absolute atomic E-state index is 12.6. The number of nitrogens with two attached hydrogens (primary N) is 1. The van der Waals surface area contributed by atoms with Crippen LogP contribution in [0.4, 0.5) is 11.6 Å². The van der Waals surface area contributed by atoms with Crippen molar-refractivity contribution < 1.29 is 19.1 Å². The summed E-state index contributed by atoms with van der Waals surface area (Å²) < 4.78 is 13.0. The van der Waals surface area contributed by atoms with Crippen molar-refractivity contribution in [2.75, 3.05) is 24.9 Å². The highest BCUT2D eigenvalue weighted by Crippen LogP contribution is 2.16. The van der Waals surface area contributed by atoms with Crippen molar-refractivity contribution in [2.45, 2.75) is 13.5 Å². The molecule has 2 aromatic carbocycles. The molecule has 1 heterocycles. The zero-order valence-electron chi connectivity index (χ0n) is 16.5. The largest absolute Gasteiger partial charge is 0.497 e. The molecule has 156 valence electrons. The van der Waals surface area contributed by atoms with Gasteiger partial charge in [-0.25, -0.2) is 9.48 Å². The Morgan fingerprint density at radius 1 is 1.10 bits per heavy atom. The van der Waals surface area contributed by atoms with Crippen LogP contribution in [0.5, 0.6) is 5.75 Å². The predicted molar refractivity (Wildman–Crippen MR) is 114 cm³/mol. The van der Waals surface area contributed by atoms with Gasteiger partial charge in [-0.15, -0.1) is 5.10 Å². The van der Waals surface area contributed by atoms with E-state index in [9.17, 15) is 9.59 Å². The van der Waals surface area contributed by atoms with Gasteiger partial charge in [0.05, 0.1) is 25.0 Å². The Balaban J connectivity index is 1.73. The number of hydrogen-bond donors (Lipinski definition) is 2. The van der Waals surface area contributed by atoms with Gasteiger partial charge < -0.3 is 15.2 Å². The lowest BCUT2D eigenvalue weighted by Gasteiger charge is -2.08. The molecule has 0 spiro atoms. The molecule has 3 aromatic rings. The van der Waals surface area contributed by atoms with Gasteiger partial charge in [0.25, 0.3) is 0 Å². The SMILES string of the molecule is CCOC(=O)c1ccc(C(=O)Cn2nc(N)n(Nc3ccc(OC)cc3)c2=S)cc1. The number of nitrogens with one attached hydrogen (secondary N) is 1. The summed E-state index contributed by atoms with van der Waals surface area (Å²) in [7, 11) is 1.59. The van der Waals surface area contributed by atoms with Crippen LogP contribution in [0, 0.1) is 4.77 Å². The molecular formula is C20H21N5O4S. The van der Waals surface area contributed by atoms with E-state index in [0.717, 1.165) is 5.69 Å². The quantitative estimate of drug-likeness (QED) is 0.320. The fourth-order valence-electron chi connectivity index (χ4n) is 2.66. The van der Waals surface area contributed by atoms with Gasteiger partial charge in [-0.3, -0.25) is 10.2 Å². The summed E-state index contributed by atoms with van der Waals surface area (Å²) in [6.07, 6.45) is 0. The molecule has 0 fully saturated rings. The average molecular weight is 427 g/mol. The Labute approximate surface area is 178 Å². The van der Waals surface area contributed by atoms with Gasteiger partial charge in [-0.2, -0.15) is 4.68 Å². The van der Waals surface area contributed by atoms with Crippen LogP contribution in [0.1, 0.15) is 27.6 Å². The Morgan fingerprint density at radius 3 is 2.33 bits per heavy atom.